The lowest BCUT2D eigenvalue weighted by Crippen LogP contribution is -2.14. The minimum Gasteiger partial charge on any atom is -0.421 e. The van der Waals surface area contributed by atoms with Crippen LogP contribution in [0.3, 0.4) is 0 Å². The first-order valence-corrected chi connectivity index (χ1v) is 7.20. The Bertz CT molecular complexity index is 535. The van der Waals surface area contributed by atoms with Crippen molar-refractivity contribution in [2.24, 2.45) is 0 Å². The highest BCUT2D eigenvalue weighted by molar-refractivity contribution is 9.11. The second-order valence-electron chi connectivity index (χ2n) is 2.87. The van der Waals surface area contributed by atoms with Crippen molar-refractivity contribution in [2.45, 2.75) is 5.02 Å². The van der Waals surface area contributed by atoms with Crippen LogP contribution < -0.4 is 4.74 Å². The lowest BCUT2D eigenvalue weighted by molar-refractivity contribution is -0.0795. The Hall–Kier alpha value is 0.280. The molecule has 0 fully saturated rings. The maximum absolute atomic E-state index is 12.8. The number of hydrogen-bond donors (Lipinski definition) is 0. The molecule has 1 heterocycles. The maximum atomic E-state index is 12.8. The van der Waals surface area contributed by atoms with Crippen LogP contribution in [-0.4, -0.2) is 5.02 Å². The second kappa shape index (κ2) is 4.51. The van der Waals surface area contributed by atoms with E-state index in [4.69, 9.17) is 0 Å². The highest BCUT2D eigenvalue weighted by Crippen LogP contribution is 2.46. The zero-order valence-electron chi connectivity index (χ0n) is 7.44. The average molecular weight is 437 g/mol. The Morgan fingerprint density at radius 3 is 2.56 bits per heavy atom. The molecule has 0 saturated heterocycles. The Morgan fingerprint density at radius 2 is 1.94 bits per heavy atom. The van der Waals surface area contributed by atoms with Gasteiger partial charge in [0.05, 0.1) is 4.70 Å². The summed E-state index contributed by atoms with van der Waals surface area (Å²) in [7, 11) is 0. The molecular formula is C9H3Br3F2OS. The van der Waals surface area contributed by atoms with Crippen LogP contribution in [0.1, 0.15) is 0 Å². The van der Waals surface area contributed by atoms with Gasteiger partial charge in [-0.15, -0.1) is 11.3 Å². The van der Waals surface area contributed by atoms with Gasteiger partial charge in [-0.25, -0.2) is 0 Å². The summed E-state index contributed by atoms with van der Waals surface area (Å²) in [6, 6.07) is 5.35. The third kappa shape index (κ3) is 2.57. The van der Waals surface area contributed by atoms with Gasteiger partial charge in [0, 0.05) is 25.8 Å². The van der Waals surface area contributed by atoms with Crippen molar-refractivity contribution < 1.29 is 13.5 Å². The second-order valence-corrected chi connectivity index (χ2v) is 6.99. The summed E-state index contributed by atoms with van der Waals surface area (Å²) in [6.07, 6.45) is 0. The Labute approximate surface area is 119 Å². The van der Waals surface area contributed by atoms with Gasteiger partial charge in [0.1, 0.15) is 3.79 Å². The van der Waals surface area contributed by atoms with E-state index in [9.17, 15) is 8.78 Å². The molecule has 0 saturated carbocycles. The van der Waals surface area contributed by atoms with E-state index in [1.807, 2.05) is 6.07 Å². The smallest absolute Gasteiger partial charge is 0.421 e. The fraction of sp³-hybridized carbons (Fsp3) is 0.111. The normalized spacial score (nSPS) is 12.1. The predicted octanol–water partition coefficient (Wildman–Crippen LogP) is 5.75. The molecule has 16 heavy (non-hydrogen) atoms. The molecule has 0 aliphatic carbocycles. The summed E-state index contributed by atoms with van der Waals surface area (Å²) < 4.78 is 32.3. The van der Waals surface area contributed by atoms with Gasteiger partial charge in [-0.1, -0.05) is 6.07 Å². The van der Waals surface area contributed by atoms with Crippen molar-refractivity contribution in [1.82, 2.24) is 0 Å². The van der Waals surface area contributed by atoms with E-state index in [0.717, 1.165) is 9.17 Å². The third-order valence-electron chi connectivity index (χ3n) is 1.80. The molecule has 0 atom stereocenters. The number of benzene rings is 1. The van der Waals surface area contributed by atoms with E-state index < -0.39 is 5.02 Å². The van der Waals surface area contributed by atoms with Gasteiger partial charge in [-0.05, 0) is 44.0 Å². The molecule has 0 aliphatic rings. The van der Waals surface area contributed by atoms with Gasteiger partial charge in [0.15, 0.2) is 5.75 Å². The predicted molar refractivity (Wildman–Crippen MR) is 71.7 cm³/mol. The van der Waals surface area contributed by atoms with Crippen LogP contribution in [0.15, 0.2) is 26.5 Å². The first-order valence-electron chi connectivity index (χ1n) is 4.01. The van der Waals surface area contributed by atoms with Crippen LogP contribution in [-0.2, 0) is 0 Å². The molecule has 1 aromatic carbocycles. The summed E-state index contributed by atoms with van der Waals surface area (Å²) in [6.45, 7) is 0. The fourth-order valence-corrected chi connectivity index (χ4v) is 3.65. The van der Waals surface area contributed by atoms with E-state index in [1.165, 1.54) is 11.3 Å². The molecule has 0 radical (unpaired) electrons. The molecule has 0 N–H and O–H groups in total. The van der Waals surface area contributed by atoms with Crippen molar-refractivity contribution >= 4 is 69.2 Å². The number of halogens is 5. The van der Waals surface area contributed by atoms with Crippen LogP contribution >= 0.6 is 59.1 Å². The Balaban J connectivity index is 2.61. The molecule has 86 valence electrons. The summed E-state index contributed by atoms with van der Waals surface area (Å²) in [5, 5.41) is -2.73. The highest BCUT2D eigenvalue weighted by Gasteiger charge is 2.29. The first-order chi connectivity index (χ1) is 7.38. The van der Waals surface area contributed by atoms with Crippen LogP contribution in [0.25, 0.3) is 10.1 Å². The number of rotatable bonds is 2. The van der Waals surface area contributed by atoms with E-state index >= 15 is 0 Å². The fourth-order valence-electron chi connectivity index (χ4n) is 1.24. The van der Waals surface area contributed by atoms with Crippen molar-refractivity contribution in [3.8, 4) is 5.75 Å². The minimum atomic E-state index is -3.37. The Morgan fingerprint density at radius 1 is 1.25 bits per heavy atom. The number of hydrogen-bond acceptors (Lipinski definition) is 2. The zero-order valence-corrected chi connectivity index (χ0v) is 13.0. The molecule has 0 unspecified atom stereocenters. The molecule has 1 aromatic heterocycles. The molecule has 2 rings (SSSR count). The van der Waals surface area contributed by atoms with Crippen molar-refractivity contribution in [3.63, 3.8) is 0 Å². The summed E-state index contributed by atoms with van der Waals surface area (Å²) in [5.41, 5.74) is 0. The average Bonchev–Trinajstić information content (AvgIpc) is 2.44. The van der Waals surface area contributed by atoms with Crippen molar-refractivity contribution in [2.75, 3.05) is 0 Å². The number of alkyl halides is 3. The van der Waals surface area contributed by atoms with Crippen molar-refractivity contribution in [3.05, 3.63) is 26.5 Å². The van der Waals surface area contributed by atoms with Crippen LogP contribution in [0.5, 0.6) is 5.75 Å². The van der Waals surface area contributed by atoms with Crippen LogP contribution in [0.2, 0.25) is 0 Å². The van der Waals surface area contributed by atoms with E-state index in [2.05, 4.69) is 52.5 Å². The highest BCUT2D eigenvalue weighted by atomic mass is 79.9. The zero-order chi connectivity index (χ0) is 11.9. The van der Waals surface area contributed by atoms with Gasteiger partial charge >= 0.3 is 5.02 Å². The van der Waals surface area contributed by atoms with Crippen molar-refractivity contribution in [1.29, 1.82) is 0 Å². The van der Waals surface area contributed by atoms with Gasteiger partial charge in [0.25, 0.3) is 0 Å². The summed E-state index contributed by atoms with van der Waals surface area (Å²) >= 11 is 10.1. The van der Waals surface area contributed by atoms with Crippen LogP contribution in [0.4, 0.5) is 8.78 Å². The largest absolute Gasteiger partial charge is 0.459 e. The monoisotopic (exact) mass is 434 g/mol. The lowest BCUT2D eigenvalue weighted by atomic mass is 10.2. The van der Waals surface area contributed by atoms with E-state index in [1.54, 1.807) is 12.1 Å². The molecule has 0 amide bonds. The first kappa shape index (κ1) is 12.7. The van der Waals surface area contributed by atoms with Gasteiger partial charge in [0.2, 0.25) is 0 Å². The van der Waals surface area contributed by atoms with Crippen LogP contribution in [0, 0.1) is 0 Å². The standard InChI is InChI=1S/C9H3Br3F2OS/c10-5-3-1-2-4-6(15-9(12,13)14)8(11)16-7(4)5/h1-3H. The number of ether oxygens (including phenoxy) is 1. The third-order valence-corrected chi connectivity index (χ3v) is 4.74. The molecule has 7 heteroatoms. The summed E-state index contributed by atoms with van der Waals surface area (Å²) in [4.78, 5) is 0. The molecule has 0 aliphatic heterocycles. The van der Waals surface area contributed by atoms with Gasteiger partial charge in [-0.2, -0.15) is 8.78 Å². The number of thiophene rings is 1. The maximum Gasteiger partial charge on any atom is 0.459 e. The number of fused-ring (bicyclic) bond motifs is 1. The molecule has 2 aromatic rings. The minimum absolute atomic E-state index is 0.142. The Kier molecular flexibility index (Phi) is 3.59. The lowest BCUT2D eigenvalue weighted by Gasteiger charge is -2.10. The quantitative estimate of drug-likeness (QED) is 0.545. The van der Waals surface area contributed by atoms with E-state index in [-0.39, 0.29) is 5.75 Å². The van der Waals surface area contributed by atoms with E-state index in [0.29, 0.717) is 9.17 Å². The van der Waals surface area contributed by atoms with Gasteiger partial charge < -0.3 is 4.74 Å². The molecule has 0 spiro atoms. The SMILES string of the molecule is FC(F)(Br)Oc1c(Br)sc2c(Br)cccc12. The molecule has 0 bridgehead atoms. The summed E-state index contributed by atoms with van der Waals surface area (Å²) in [5.74, 6) is 0.142. The molecular weight excluding hydrogens is 434 g/mol. The molecule has 1 nitrogen and oxygen atoms in total. The topological polar surface area (TPSA) is 9.23 Å². The van der Waals surface area contributed by atoms with Gasteiger partial charge in [-0.3, -0.25) is 0 Å².